The molecule has 0 bridgehead atoms. The van der Waals surface area contributed by atoms with Crippen molar-refractivity contribution in [3.8, 4) is 11.8 Å². The number of hydrogen-bond acceptors (Lipinski definition) is 3. The fourth-order valence-electron chi connectivity index (χ4n) is 1.01. The van der Waals surface area contributed by atoms with E-state index in [0.717, 1.165) is 5.56 Å². The second-order valence-corrected chi connectivity index (χ2v) is 3.12. The van der Waals surface area contributed by atoms with E-state index in [-0.39, 0.29) is 5.91 Å². The molecule has 0 spiro atoms. The average Bonchev–Trinajstić information content (AvgIpc) is 2.29. The second-order valence-electron chi connectivity index (χ2n) is 3.12. The lowest BCUT2D eigenvalue weighted by Crippen LogP contribution is -2.20. The normalized spacial score (nSPS) is 8.81. The second kappa shape index (κ2) is 6.36. The highest BCUT2D eigenvalue weighted by Crippen LogP contribution is 1.96. The molecule has 1 rings (SSSR count). The summed E-state index contributed by atoms with van der Waals surface area (Å²) in [6.07, 6.45) is 2.83. The van der Waals surface area contributed by atoms with Gasteiger partial charge in [0.1, 0.15) is 5.69 Å². The first-order chi connectivity index (χ1) is 7.72. The van der Waals surface area contributed by atoms with Crippen LogP contribution in [0.1, 0.15) is 29.4 Å². The van der Waals surface area contributed by atoms with Crippen LogP contribution in [0.4, 0.5) is 0 Å². The minimum atomic E-state index is -0.0567. The molecule has 0 aliphatic rings. The van der Waals surface area contributed by atoms with Gasteiger partial charge in [-0.15, -0.1) is 0 Å². The standard InChI is InChI=1S/C12H12N2O2/c1-10(16)13-7-3-2-4-11-5-6-12(9-15)14-8-11/h5-6,8-9H,3,7H2,1H3,(H,13,16). The lowest BCUT2D eigenvalue weighted by atomic mass is 10.2. The van der Waals surface area contributed by atoms with E-state index >= 15 is 0 Å². The van der Waals surface area contributed by atoms with Gasteiger partial charge in [0.25, 0.3) is 0 Å². The zero-order valence-electron chi connectivity index (χ0n) is 8.99. The van der Waals surface area contributed by atoms with Crippen LogP contribution in [-0.2, 0) is 4.79 Å². The molecule has 1 heterocycles. The van der Waals surface area contributed by atoms with Crippen LogP contribution in [0.3, 0.4) is 0 Å². The summed E-state index contributed by atoms with van der Waals surface area (Å²) < 4.78 is 0. The zero-order chi connectivity index (χ0) is 11.8. The number of aldehydes is 1. The molecule has 0 aromatic carbocycles. The molecule has 4 nitrogen and oxygen atoms in total. The number of aromatic nitrogens is 1. The van der Waals surface area contributed by atoms with Crippen molar-refractivity contribution in [1.82, 2.24) is 10.3 Å². The highest BCUT2D eigenvalue weighted by atomic mass is 16.1. The molecule has 0 aliphatic carbocycles. The van der Waals surface area contributed by atoms with Gasteiger partial charge >= 0.3 is 0 Å². The van der Waals surface area contributed by atoms with Crippen molar-refractivity contribution in [2.45, 2.75) is 13.3 Å². The molecule has 0 unspecified atom stereocenters. The maximum Gasteiger partial charge on any atom is 0.216 e. The van der Waals surface area contributed by atoms with Gasteiger partial charge in [0.15, 0.2) is 6.29 Å². The summed E-state index contributed by atoms with van der Waals surface area (Å²) in [5.41, 5.74) is 1.15. The molecule has 0 aliphatic heterocycles. The topological polar surface area (TPSA) is 59.1 Å². The van der Waals surface area contributed by atoms with Crippen LogP contribution < -0.4 is 5.32 Å². The Labute approximate surface area is 94.1 Å². The van der Waals surface area contributed by atoms with Crippen LogP contribution in [0.5, 0.6) is 0 Å². The third-order valence-corrected chi connectivity index (χ3v) is 1.76. The first-order valence-electron chi connectivity index (χ1n) is 4.87. The van der Waals surface area contributed by atoms with Gasteiger partial charge in [-0.1, -0.05) is 11.8 Å². The van der Waals surface area contributed by atoms with Crippen molar-refractivity contribution in [3.05, 3.63) is 29.6 Å². The molecule has 1 amide bonds. The Kier molecular flexibility index (Phi) is 4.74. The maximum absolute atomic E-state index is 10.5. The summed E-state index contributed by atoms with van der Waals surface area (Å²) in [5, 5.41) is 2.65. The first-order valence-corrected chi connectivity index (χ1v) is 4.87. The van der Waals surface area contributed by atoms with Gasteiger partial charge in [0, 0.05) is 31.6 Å². The van der Waals surface area contributed by atoms with E-state index in [0.29, 0.717) is 24.9 Å². The zero-order valence-corrected chi connectivity index (χ0v) is 8.99. The number of nitrogens with zero attached hydrogens (tertiary/aromatic N) is 1. The number of rotatable bonds is 3. The summed E-state index contributed by atoms with van der Waals surface area (Å²) in [4.78, 5) is 24.8. The molecule has 1 aromatic heterocycles. The fraction of sp³-hybridized carbons (Fsp3) is 0.250. The lowest BCUT2D eigenvalue weighted by molar-refractivity contribution is -0.118. The Balaban J connectivity index is 2.43. The predicted molar refractivity (Wildman–Crippen MR) is 59.8 cm³/mol. The molecule has 16 heavy (non-hydrogen) atoms. The molecule has 0 radical (unpaired) electrons. The highest BCUT2D eigenvalue weighted by Gasteiger charge is 1.90. The van der Waals surface area contributed by atoms with Crippen LogP contribution in [-0.4, -0.2) is 23.7 Å². The number of carbonyl (C=O) groups is 2. The Bertz CT molecular complexity index is 427. The van der Waals surface area contributed by atoms with Gasteiger partial charge in [-0.2, -0.15) is 0 Å². The SMILES string of the molecule is CC(=O)NCCC#Cc1ccc(C=O)nc1. The highest BCUT2D eigenvalue weighted by molar-refractivity contribution is 5.72. The molecule has 4 heteroatoms. The average molecular weight is 216 g/mol. The molecule has 0 atom stereocenters. The largest absolute Gasteiger partial charge is 0.355 e. The number of amides is 1. The number of nitrogens with one attached hydrogen (secondary N) is 1. The van der Waals surface area contributed by atoms with Gasteiger partial charge in [-0.25, -0.2) is 0 Å². The van der Waals surface area contributed by atoms with E-state index in [1.54, 1.807) is 18.3 Å². The van der Waals surface area contributed by atoms with Crippen molar-refractivity contribution < 1.29 is 9.59 Å². The maximum atomic E-state index is 10.5. The van der Waals surface area contributed by atoms with Gasteiger partial charge in [-0.05, 0) is 12.1 Å². The van der Waals surface area contributed by atoms with Crippen LogP contribution in [0.15, 0.2) is 18.3 Å². The number of pyridine rings is 1. The number of carbonyl (C=O) groups excluding carboxylic acids is 2. The smallest absolute Gasteiger partial charge is 0.216 e. The summed E-state index contributed by atoms with van der Waals surface area (Å²) in [7, 11) is 0. The molecule has 1 N–H and O–H groups in total. The summed E-state index contributed by atoms with van der Waals surface area (Å²) in [5.74, 6) is 5.73. The Morgan fingerprint density at radius 1 is 1.56 bits per heavy atom. The minimum Gasteiger partial charge on any atom is -0.355 e. The van der Waals surface area contributed by atoms with Crippen molar-refractivity contribution in [2.75, 3.05) is 6.54 Å². The summed E-state index contributed by atoms with van der Waals surface area (Å²) in [6.45, 7) is 2.01. The lowest BCUT2D eigenvalue weighted by Gasteiger charge is -1.94. The van der Waals surface area contributed by atoms with Crippen molar-refractivity contribution in [2.24, 2.45) is 0 Å². The molecule has 0 fully saturated rings. The Hall–Kier alpha value is -2.15. The molecule has 0 saturated heterocycles. The monoisotopic (exact) mass is 216 g/mol. The van der Waals surface area contributed by atoms with Gasteiger partial charge in [-0.3, -0.25) is 14.6 Å². The van der Waals surface area contributed by atoms with E-state index in [4.69, 9.17) is 0 Å². The van der Waals surface area contributed by atoms with Crippen molar-refractivity contribution in [3.63, 3.8) is 0 Å². The van der Waals surface area contributed by atoms with Gasteiger partial charge in [0.05, 0.1) is 0 Å². The van der Waals surface area contributed by atoms with Crippen molar-refractivity contribution in [1.29, 1.82) is 0 Å². The van der Waals surface area contributed by atoms with Crippen LogP contribution in [0, 0.1) is 11.8 Å². The molecule has 1 aromatic rings. The Morgan fingerprint density at radius 2 is 2.38 bits per heavy atom. The fourth-order valence-corrected chi connectivity index (χ4v) is 1.01. The van der Waals surface area contributed by atoms with Crippen LogP contribution >= 0.6 is 0 Å². The van der Waals surface area contributed by atoms with Crippen LogP contribution in [0.2, 0.25) is 0 Å². The van der Waals surface area contributed by atoms with Crippen molar-refractivity contribution >= 4 is 12.2 Å². The quantitative estimate of drug-likeness (QED) is 0.461. The molecule has 0 saturated carbocycles. The molecule has 82 valence electrons. The molecular formula is C12H12N2O2. The van der Waals surface area contributed by atoms with E-state index in [1.165, 1.54) is 6.92 Å². The van der Waals surface area contributed by atoms with Gasteiger partial charge < -0.3 is 5.32 Å². The first kappa shape index (κ1) is 11.9. The summed E-state index contributed by atoms with van der Waals surface area (Å²) in [6, 6.07) is 3.35. The molecular weight excluding hydrogens is 204 g/mol. The third-order valence-electron chi connectivity index (χ3n) is 1.76. The van der Waals surface area contributed by atoms with E-state index in [2.05, 4.69) is 22.1 Å². The summed E-state index contributed by atoms with van der Waals surface area (Å²) >= 11 is 0. The van der Waals surface area contributed by atoms with Crippen LogP contribution in [0.25, 0.3) is 0 Å². The van der Waals surface area contributed by atoms with E-state index in [9.17, 15) is 9.59 Å². The van der Waals surface area contributed by atoms with Gasteiger partial charge in [0.2, 0.25) is 5.91 Å². The third kappa shape index (κ3) is 4.38. The predicted octanol–water partition coefficient (Wildman–Crippen LogP) is 0.772. The van der Waals surface area contributed by atoms with E-state index < -0.39 is 0 Å². The Morgan fingerprint density at radius 3 is 2.94 bits per heavy atom. The number of hydrogen-bond donors (Lipinski definition) is 1. The van der Waals surface area contributed by atoms with E-state index in [1.807, 2.05) is 0 Å². The minimum absolute atomic E-state index is 0.0567.